The maximum Gasteiger partial charge on any atom is 0.335 e. The zero-order chi connectivity index (χ0) is 61.5. The van der Waals surface area contributed by atoms with Crippen molar-refractivity contribution in [3.63, 3.8) is 0 Å². The summed E-state index contributed by atoms with van der Waals surface area (Å²) < 4.78 is 136. The van der Waals surface area contributed by atoms with Crippen LogP contribution in [0.5, 0.6) is 0 Å². The average molecular weight is 1260 g/mol. The number of rotatable bonds is 76. The maximum absolute atomic E-state index is 11.7. The molecule has 1 heterocycles. The van der Waals surface area contributed by atoms with Crippen molar-refractivity contribution in [2.45, 2.75) is 19.3 Å². The summed E-state index contributed by atoms with van der Waals surface area (Å²) in [7, 11) is 1.64. The van der Waals surface area contributed by atoms with E-state index in [0.29, 0.717) is 316 Å². The molecular formula is C56H107NO29. The van der Waals surface area contributed by atoms with Crippen molar-refractivity contribution in [1.82, 2.24) is 5.06 Å². The van der Waals surface area contributed by atoms with Gasteiger partial charge in [-0.05, 0) is 0 Å². The second-order valence-corrected chi connectivity index (χ2v) is 17.5. The Morgan fingerprint density at radius 2 is 0.360 bits per heavy atom. The van der Waals surface area contributed by atoms with Crippen molar-refractivity contribution in [3.8, 4) is 0 Å². The Morgan fingerprint density at radius 3 is 0.500 bits per heavy atom. The highest BCUT2D eigenvalue weighted by atomic mass is 16.7. The molecule has 2 amide bonds. The van der Waals surface area contributed by atoms with Gasteiger partial charge in [-0.25, -0.2) is 4.79 Å². The summed E-state index contributed by atoms with van der Waals surface area (Å²) in [6, 6.07) is 0. The first-order valence-electron chi connectivity index (χ1n) is 30.1. The van der Waals surface area contributed by atoms with Crippen molar-refractivity contribution < 1.29 is 138 Å². The summed E-state index contributed by atoms with van der Waals surface area (Å²) in [6.45, 7) is 22.8. The molecule has 0 aromatic heterocycles. The van der Waals surface area contributed by atoms with Gasteiger partial charge in [0, 0.05) is 20.0 Å². The molecule has 0 atom stereocenters. The van der Waals surface area contributed by atoms with E-state index >= 15 is 0 Å². The summed E-state index contributed by atoms with van der Waals surface area (Å²) in [5.74, 6) is -1.74. The first-order chi connectivity index (χ1) is 42.6. The van der Waals surface area contributed by atoms with E-state index in [1.54, 1.807) is 7.11 Å². The first kappa shape index (κ1) is 81.6. The summed E-state index contributed by atoms with van der Waals surface area (Å²) >= 11 is 0. The molecule has 0 spiro atoms. The molecule has 30 nitrogen and oxygen atoms in total. The molecule has 0 unspecified atom stereocenters. The van der Waals surface area contributed by atoms with Crippen LogP contribution in [0.1, 0.15) is 19.3 Å². The van der Waals surface area contributed by atoms with Gasteiger partial charge in [-0.15, -0.1) is 5.06 Å². The van der Waals surface area contributed by atoms with Gasteiger partial charge in [0.1, 0.15) is 0 Å². The Balaban J connectivity index is 1.59. The molecule has 0 aliphatic carbocycles. The Labute approximate surface area is 509 Å². The van der Waals surface area contributed by atoms with Gasteiger partial charge >= 0.3 is 5.97 Å². The number of carbonyl (C=O) groups excluding carboxylic acids is 3. The SMILES string of the molecule is COCCOCCOCCOCCOCCOCCOCCOCCOCCOCCOCCOCCOCCOCCOCCOCCOCCOCCOCCOCCOCCOCCOCCOCCOCCC(=O)ON1C(=O)CCC1=O. The van der Waals surface area contributed by atoms with Gasteiger partial charge in [0.2, 0.25) is 0 Å². The maximum atomic E-state index is 11.7. The molecule has 0 N–H and O–H groups in total. The summed E-state index contributed by atoms with van der Waals surface area (Å²) in [5, 5.41) is 0.517. The molecule has 1 aliphatic rings. The second-order valence-electron chi connectivity index (χ2n) is 17.5. The van der Waals surface area contributed by atoms with Gasteiger partial charge in [-0.3, -0.25) is 9.59 Å². The Bertz CT molecular complexity index is 1370. The highest BCUT2D eigenvalue weighted by Gasteiger charge is 2.32. The molecule has 1 aliphatic heterocycles. The van der Waals surface area contributed by atoms with Gasteiger partial charge in [0.05, 0.1) is 330 Å². The van der Waals surface area contributed by atoms with Crippen LogP contribution in [0, 0.1) is 0 Å². The largest absolute Gasteiger partial charge is 0.382 e. The third-order valence-electron chi connectivity index (χ3n) is 10.6. The van der Waals surface area contributed by atoms with E-state index in [1.807, 2.05) is 0 Å². The van der Waals surface area contributed by atoms with Crippen LogP contribution < -0.4 is 0 Å². The monoisotopic (exact) mass is 1260 g/mol. The fourth-order valence-corrected chi connectivity index (χ4v) is 6.26. The van der Waals surface area contributed by atoms with Crippen LogP contribution in [0.4, 0.5) is 0 Å². The normalized spacial score (nSPS) is 12.7. The molecule has 0 aromatic rings. The number of hydrogen-bond acceptors (Lipinski definition) is 29. The van der Waals surface area contributed by atoms with Crippen molar-refractivity contribution in [1.29, 1.82) is 0 Å². The number of imide groups is 1. The molecule has 0 bridgehead atoms. The molecule has 30 heteroatoms. The fourth-order valence-electron chi connectivity index (χ4n) is 6.26. The van der Waals surface area contributed by atoms with E-state index in [1.165, 1.54) is 0 Å². The van der Waals surface area contributed by atoms with Gasteiger partial charge in [0.15, 0.2) is 0 Å². The topological polar surface area (TPSA) is 294 Å². The van der Waals surface area contributed by atoms with Crippen molar-refractivity contribution in [2.75, 3.05) is 331 Å². The predicted octanol–water partition coefficient (Wildman–Crippen LogP) is 0.0285. The number of methoxy groups -OCH3 is 1. The molecule has 86 heavy (non-hydrogen) atoms. The van der Waals surface area contributed by atoms with Crippen molar-refractivity contribution >= 4 is 17.8 Å². The van der Waals surface area contributed by atoms with E-state index < -0.39 is 17.8 Å². The standard InChI is InChI=1S/C56H107NO29/c1-61-6-7-63-10-11-65-14-15-67-18-19-69-22-23-71-26-27-73-30-31-75-34-35-77-38-39-79-42-43-81-46-47-83-50-51-85-53-52-84-49-48-82-45-44-80-41-40-78-37-36-76-33-32-74-29-28-72-25-24-70-21-20-68-17-16-66-13-12-64-9-8-62-5-4-56(60)86-57-54(58)2-3-55(57)59/h2-53H2,1H3. The van der Waals surface area contributed by atoms with Gasteiger partial charge < -0.3 is 123 Å². The van der Waals surface area contributed by atoms with Crippen LogP contribution in [0.15, 0.2) is 0 Å². The Kier molecular flexibility index (Phi) is 68.0. The highest BCUT2D eigenvalue weighted by Crippen LogP contribution is 2.12. The smallest absolute Gasteiger partial charge is 0.335 e. The zero-order valence-electron chi connectivity index (χ0n) is 51.6. The molecule has 0 aromatic carbocycles. The van der Waals surface area contributed by atoms with Crippen LogP contribution in [0.25, 0.3) is 0 Å². The third-order valence-corrected chi connectivity index (χ3v) is 10.6. The Morgan fingerprint density at radius 1 is 0.233 bits per heavy atom. The van der Waals surface area contributed by atoms with Gasteiger partial charge in [-0.2, -0.15) is 0 Å². The minimum absolute atomic E-state index is 0.0522. The lowest BCUT2D eigenvalue weighted by molar-refractivity contribution is -0.198. The number of hydroxylamine groups is 2. The minimum atomic E-state index is -0.705. The quantitative estimate of drug-likeness (QED) is 0.0573. The average Bonchev–Trinajstić information content (AvgIpc) is 3.98. The summed E-state index contributed by atoms with van der Waals surface area (Å²) in [4.78, 5) is 39.3. The van der Waals surface area contributed by atoms with E-state index in [9.17, 15) is 14.4 Å². The van der Waals surface area contributed by atoms with E-state index in [0.717, 1.165) is 0 Å². The van der Waals surface area contributed by atoms with E-state index in [4.69, 9.17) is 123 Å². The molecule has 510 valence electrons. The number of ether oxygens (including phenoxy) is 25. The van der Waals surface area contributed by atoms with Crippen molar-refractivity contribution in [3.05, 3.63) is 0 Å². The lowest BCUT2D eigenvalue weighted by Gasteiger charge is -2.12. The van der Waals surface area contributed by atoms with Crippen LogP contribution in [0.2, 0.25) is 0 Å². The number of carbonyl (C=O) groups is 3. The zero-order valence-corrected chi connectivity index (χ0v) is 51.6. The number of nitrogens with zero attached hydrogens (tertiary/aromatic N) is 1. The van der Waals surface area contributed by atoms with Gasteiger partial charge in [-0.1, -0.05) is 0 Å². The van der Waals surface area contributed by atoms with Crippen LogP contribution in [-0.4, -0.2) is 354 Å². The molecule has 0 radical (unpaired) electrons. The summed E-state index contributed by atoms with van der Waals surface area (Å²) in [5.41, 5.74) is 0. The van der Waals surface area contributed by atoms with Crippen molar-refractivity contribution in [2.24, 2.45) is 0 Å². The second kappa shape index (κ2) is 71.7. The fraction of sp³-hybridized carbons (Fsp3) is 0.946. The lowest BCUT2D eigenvalue weighted by atomic mass is 10.4. The van der Waals surface area contributed by atoms with Crippen LogP contribution in [0.3, 0.4) is 0 Å². The molecule has 1 saturated heterocycles. The molecule has 0 saturated carbocycles. The first-order valence-corrected chi connectivity index (χ1v) is 30.1. The molecule has 1 fully saturated rings. The van der Waals surface area contributed by atoms with Crippen LogP contribution >= 0.6 is 0 Å². The lowest BCUT2D eigenvalue weighted by Crippen LogP contribution is -2.32. The minimum Gasteiger partial charge on any atom is -0.382 e. The van der Waals surface area contributed by atoms with Crippen LogP contribution in [-0.2, 0) is 138 Å². The van der Waals surface area contributed by atoms with E-state index in [-0.39, 0.29) is 32.5 Å². The Hall–Kier alpha value is -2.39. The highest BCUT2D eigenvalue weighted by molar-refractivity contribution is 6.01. The molecule has 1 rings (SSSR count). The molecular weight excluding hydrogens is 1150 g/mol. The summed E-state index contributed by atoms with van der Waals surface area (Å²) in [6.07, 6.45) is 0.0223. The number of hydrogen-bond donors (Lipinski definition) is 0. The third kappa shape index (κ3) is 64.6. The number of amides is 2. The predicted molar refractivity (Wildman–Crippen MR) is 303 cm³/mol. The van der Waals surface area contributed by atoms with Gasteiger partial charge in [0.25, 0.3) is 11.8 Å². The van der Waals surface area contributed by atoms with E-state index in [2.05, 4.69) is 0 Å².